The highest BCUT2D eigenvalue weighted by Gasteiger charge is 2.41. The Bertz CT molecular complexity index is 383. The Kier molecular flexibility index (Phi) is 3.47. The lowest BCUT2D eigenvalue weighted by molar-refractivity contribution is -0.141. The molecule has 1 heterocycles. The molecule has 0 radical (unpaired) electrons. The van der Waals surface area contributed by atoms with E-state index in [2.05, 4.69) is 0 Å². The zero-order valence-electron chi connectivity index (χ0n) is 9.61. The van der Waals surface area contributed by atoms with E-state index in [1.54, 1.807) is 6.92 Å². The van der Waals surface area contributed by atoms with Crippen LogP contribution in [0.2, 0.25) is 0 Å². The molecule has 0 saturated heterocycles. The first-order valence-corrected chi connectivity index (χ1v) is 5.22. The van der Waals surface area contributed by atoms with Crippen LogP contribution in [0.15, 0.2) is 11.3 Å². The summed E-state index contributed by atoms with van der Waals surface area (Å²) in [5.74, 6) is -1.85. The number of imide groups is 1. The van der Waals surface area contributed by atoms with Crippen molar-refractivity contribution in [3.8, 4) is 0 Å². The highest BCUT2D eigenvalue weighted by atomic mass is 16.3. The van der Waals surface area contributed by atoms with Gasteiger partial charge < -0.3 is 5.11 Å². The van der Waals surface area contributed by atoms with E-state index in [9.17, 15) is 19.5 Å². The SMILES string of the molecule is CCCC(=O)C1=C(O)[C@H](C)N(C(C)=O)C1=O. The van der Waals surface area contributed by atoms with E-state index in [1.807, 2.05) is 0 Å². The van der Waals surface area contributed by atoms with Gasteiger partial charge in [-0.2, -0.15) is 0 Å². The Morgan fingerprint density at radius 3 is 2.38 bits per heavy atom. The molecule has 0 bridgehead atoms. The quantitative estimate of drug-likeness (QED) is 0.725. The Morgan fingerprint density at radius 1 is 1.44 bits per heavy atom. The van der Waals surface area contributed by atoms with E-state index in [0.717, 1.165) is 4.90 Å². The molecule has 1 aliphatic rings. The summed E-state index contributed by atoms with van der Waals surface area (Å²) < 4.78 is 0. The summed E-state index contributed by atoms with van der Waals surface area (Å²) in [5, 5.41) is 9.69. The van der Waals surface area contributed by atoms with Crippen LogP contribution >= 0.6 is 0 Å². The third-order valence-electron chi connectivity index (χ3n) is 2.57. The van der Waals surface area contributed by atoms with Crippen LogP contribution in [0.4, 0.5) is 0 Å². The van der Waals surface area contributed by atoms with Crippen molar-refractivity contribution in [3.05, 3.63) is 11.3 Å². The molecule has 1 aliphatic heterocycles. The number of rotatable bonds is 3. The molecule has 1 atom stereocenters. The van der Waals surface area contributed by atoms with Crippen molar-refractivity contribution in [1.82, 2.24) is 4.90 Å². The second-order valence-electron chi connectivity index (χ2n) is 3.80. The standard InChI is InChI=1S/C11H15NO4/c1-4-5-8(14)9-10(15)6(2)12(7(3)13)11(9)16/h6,15H,4-5H2,1-3H3/t6-/m0/s1. The predicted molar refractivity (Wildman–Crippen MR) is 56.6 cm³/mol. The predicted octanol–water partition coefficient (Wildman–Crippen LogP) is 0.945. The zero-order valence-corrected chi connectivity index (χ0v) is 9.61. The first-order chi connectivity index (χ1) is 7.41. The molecular weight excluding hydrogens is 210 g/mol. The lowest BCUT2D eigenvalue weighted by atomic mass is 10.1. The summed E-state index contributed by atoms with van der Waals surface area (Å²) in [7, 11) is 0. The molecule has 16 heavy (non-hydrogen) atoms. The van der Waals surface area contributed by atoms with Gasteiger partial charge >= 0.3 is 0 Å². The van der Waals surface area contributed by atoms with Gasteiger partial charge in [0.1, 0.15) is 11.3 Å². The van der Waals surface area contributed by atoms with Gasteiger partial charge in [0.25, 0.3) is 5.91 Å². The minimum absolute atomic E-state index is 0.198. The van der Waals surface area contributed by atoms with E-state index in [-0.39, 0.29) is 17.8 Å². The summed E-state index contributed by atoms with van der Waals surface area (Å²) in [6.07, 6.45) is 0.793. The van der Waals surface area contributed by atoms with Gasteiger partial charge in [-0.3, -0.25) is 19.3 Å². The molecule has 0 unspecified atom stereocenters. The second kappa shape index (κ2) is 4.47. The highest BCUT2D eigenvalue weighted by Crippen LogP contribution is 2.25. The fourth-order valence-corrected chi connectivity index (χ4v) is 1.77. The summed E-state index contributed by atoms with van der Waals surface area (Å²) in [4.78, 5) is 35.4. The smallest absolute Gasteiger partial charge is 0.268 e. The zero-order chi connectivity index (χ0) is 12.5. The van der Waals surface area contributed by atoms with E-state index >= 15 is 0 Å². The number of nitrogens with zero attached hydrogens (tertiary/aromatic N) is 1. The van der Waals surface area contributed by atoms with E-state index in [0.29, 0.717) is 6.42 Å². The molecule has 5 nitrogen and oxygen atoms in total. The van der Waals surface area contributed by atoms with Crippen molar-refractivity contribution in [2.24, 2.45) is 0 Å². The molecule has 2 amide bonds. The van der Waals surface area contributed by atoms with Gasteiger partial charge in [-0.25, -0.2) is 0 Å². The molecule has 0 aliphatic carbocycles. The molecular formula is C11H15NO4. The molecule has 88 valence electrons. The number of amides is 2. The Balaban J connectivity index is 3.06. The van der Waals surface area contributed by atoms with Gasteiger partial charge in [-0.1, -0.05) is 6.92 Å². The second-order valence-corrected chi connectivity index (χ2v) is 3.80. The average molecular weight is 225 g/mol. The van der Waals surface area contributed by atoms with Crippen LogP contribution in [0.3, 0.4) is 0 Å². The maximum atomic E-state index is 11.8. The Hall–Kier alpha value is -1.65. The van der Waals surface area contributed by atoms with Crippen LogP contribution in [0.5, 0.6) is 0 Å². The maximum absolute atomic E-state index is 11.8. The topological polar surface area (TPSA) is 74.7 Å². The fraction of sp³-hybridized carbons (Fsp3) is 0.545. The van der Waals surface area contributed by atoms with Crippen molar-refractivity contribution in [3.63, 3.8) is 0 Å². The number of aliphatic hydroxyl groups excluding tert-OH is 1. The first-order valence-electron chi connectivity index (χ1n) is 5.22. The molecule has 0 aromatic carbocycles. The third kappa shape index (κ3) is 1.85. The van der Waals surface area contributed by atoms with Gasteiger partial charge in [0.2, 0.25) is 5.91 Å². The van der Waals surface area contributed by atoms with Crippen LogP contribution in [0, 0.1) is 0 Å². The van der Waals surface area contributed by atoms with Crippen molar-refractivity contribution >= 4 is 17.6 Å². The molecule has 0 fully saturated rings. The normalized spacial score (nSPS) is 20.6. The van der Waals surface area contributed by atoms with Crippen LogP contribution in [0.1, 0.15) is 33.6 Å². The Morgan fingerprint density at radius 2 is 2.00 bits per heavy atom. The van der Waals surface area contributed by atoms with Crippen molar-refractivity contribution < 1.29 is 19.5 Å². The molecule has 1 N–H and O–H groups in total. The molecule has 0 saturated carbocycles. The van der Waals surface area contributed by atoms with Gasteiger partial charge in [0.15, 0.2) is 5.78 Å². The third-order valence-corrected chi connectivity index (χ3v) is 2.57. The number of ketones is 1. The lowest BCUT2D eigenvalue weighted by Crippen LogP contribution is -2.38. The van der Waals surface area contributed by atoms with Crippen LogP contribution in [0.25, 0.3) is 0 Å². The van der Waals surface area contributed by atoms with Gasteiger partial charge in [-0.05, 0) is 13.3 Å². The number of hydrogen-bond donors (Lipinski definition) is 1. The number of aliphatic hydroxyl groups is 1. The maximum Gasteiger partial charge on any atom is 0.268 e. The summed E-state index contributed by atoms with van der Waals surface area (Å²) in [6.45, 7) is 4.55. The van der Waals surface area contributed by atoms with Crippen molar-refractivity contribution in [2.45, 2.75) is 39.7 Å². The van der Waals surface area contributed by atoms with Crippen LogP contribution in [-0.2, 0) is 14.4 Å². The first kappa shape index (κ1) is 12.4. The Labute approximate surface area is 93.7 Å². The average Bonchev–Trinajstić information content (AvgIpc) is 2.38. The van der Waals surface area contributed by atoms with Crippen LogP contribution in [-0.4, -0.2) is 33.6 Å². The van der Waals surface area contributed by atoms with Crippen molar-refractivity contribution in [1.29, 1.82) is 0 Å². The number of hydrogen-bond acceptors (Lipinski definition) is 4. The minimum Gasteiger partial charge on any atom is -0.509 e. The van der Waals surface area contributed by atoms with E-state index in [4.69, 9.17) is 0 Å². The minimum atomic E-state index is -0.735. The largest absolute Gasteiger partial charge is 0.509 e. The van der Waals surface area contributed by atoms with E-state index < -0.39 is 23.6 Å². The number of carbonyl (C=O) groups is 3. The van der Waals surface area contributed by atoms with Gasteiger partial charge in [0, 0.05) is 13.3 Å². The van der Waals surface area contributed by atoms with Crippen molar-refractivity contribution in [2.75, 3.05) is 0 Å². The molecule has 0 spiro atoms. The van der Waals surface area contributed by atoms with E-state index in [1.165, 1.54) is 13.8 Å². The number of Topliss-reactive ketones (excluding diaryl/α,β-unsaturated/α-hetero) is 1. The molecule has 0 aromatic rings. The van der Waals surface area contributed by atoms with Gasteiger partial charge in [0.05, 0.1) is 6.04 Å². The molecule has 0 aromatic heterocycles. The summed E-state index contributed by atoms with van der Waals surface area (Å²) in [5.41, 5.74) is -0.232. The molecule has 5 heteroatoms. The molecule has 1 rings (SSSR count). The lowest BCUT2D eigenvalue weighted by Gasteiger charge is -2.17. The highest BCUT2D eigenvalue weighted by molar-refractivity contribution is 6.24. The fourth-order valence-electron chi connectivity index (χ4n) is 1.77. The monoisotopic (exact) mass is 225 g/mol. The summed E-state index contributed by atoms with van der Waals surface area (Å²) >= 11 is 0. The van der Waals surface area contributed by atoms with Gasteiger partial charge in [-0.15, -0.1) is 0 Å². The summed E-state index contributed by atoms with van der Waals surface area (Å²) in [6, 6.07) is -0.735. The number of carbonyl (C=O) groups excluding carboxylic acids is 3. The van der Waals surface area contributed by atoms with Crippen LogP contribution < -0.4 is 0 Å².